The number of carbonyl (C=O) groups is 2. The number of hydrogen-bond donors (Lipinski definition) is 3. The summed E-state index contributed by atoms with van der Waals surface area (Å²) >= 11 is 0. The third kappa shape index (κ3) is 4.06. The van der Waals surface area contributed by atoms with Crippen molar-refractivity contribution in [2.45, 2.75) is 6.92 Å². The van der Waals surface area contributed by atoms with E-state index in [0.29, 0.717) is 6.54 Å². The number of imide groups is 1. The van der Waals surface area contributed by atoms with E-state index < -0.39 is 17.6 Å². The fourth-order valence-corrected chi connectivity index (χ4v) is 0.592. The van der Waals surface area contributed by atoms with Gasteiger partial charge in [0.15, 0.2) is 6.07 Å². The molecule has 0 aromatic rings. The lowest BCUT2D eigenvalue weighted by molar-refractivity contribution is -0.742. The Morgan fingerprint density at radius 3 is 2.64 bits per heavy atom. The van der Waals surface area contributed by atoms with E-state index in [2.05, 4.69) is 10.2 Å². The summed E-state index contributed by atoms with van der Waals surface area (Å²) in [5.74, 6) is -0.847. The SMILES string of the molecule is CCNC(=O)NC(=O)/C(C#N)=[NH+]/OC. The topological polar surface area (TPSA) is 105 Å². The van der Waals surface area contributed by atoms with Crippen molar-refractivity contribution in [1.29, 1.82) is 5.26 Å². The first-order chi connectivity index (χ1) is 6.65. The molecule has 0 radical (unpaired) electrons. The predicted molar refractivity (Wildman–Crippen MR) is 45.8 cm³/mol. The number of urea groups is 1. The van der Waals surface area contributed by atoms with E-state index in [1.54, 1.807) is 6.92 Å². The highest BCUT2D eigenvalue weighted by Gasteiger charge is 2.20. The van der Waals surface area contributed by atoms with E-state index in [4.69, 9.17) is 5.26 Å². The fraction of sp³-hybridized carbons (Fsp3) is 0.429. The average molecular weight is 199 g/mol. The maximum absolute atomic E-state index is 11.1. The van der Waals surface area contributed by atoms with Crippen LogP contribution in [0, 0.1) is 11.3 Å². The second kappa shape index (κ2) is 6.42. The molecular weight excluding hydrogens is 188 g/mol. The summed E-state index contributed by atoms with van der Waals surface area (Å²) in [6, 6.07) is 0.875. The Bertz CT molecular complexity index is 292. The number of nitriles is 1. The summed E-state index contributed by atoms with van der Waals surface area (Å²) in [5.41, 5.74) is -0.390. The van der Waals surface area contributed by atoms with Gasteiger partial charge in [-0.3, -0.25) is 14.9 Å². The Labute approximate surface area is 80.7 Å². The Morgan fingerprint density at radius 1 is 1.57 bits per heavy atom. The minimum absolute atomic E-state index is 0.388. The molecule has 0 heterocycles. The Kier molecular flexibility index (Phi) is 5.46. The molecule has 0 aromatic carbocycles. The molecule has 0 aliphatic heterocycles. The molecule has 3 amide bonds. The van der Waals surface area contributed by atoms with Crippen molar-refractivity contribution >= 4 is 17.6 Å². The van der Waals surface area contributed by atoms with Gasteiger partial charge in [-0.25, -0.2) is 4.79 Å². The number of amides is 3. The molecule has 0 spiro atoms. The van der Waals surface area contributed by atoms with Crippen molar-refractivity contribution in [3.8, 4) is 6.07 Å². The second-order valence-electron chi connectivity index (χ2n) is 2.11. The monoisotopic (exact) mass is 199 g/mol. The molecule has 0 aliphatic rings. The summed E-state index contributed by atoms with van der Waals surface area (Å²) in [4.78, 5) is 26.3. The molecule has 0 rings (SSSR count). The zero-order valence-corrected chi connectivity index (χ0v) is 7.88. The van der Waals surface area contributed by atoms with Gasteiger partial charge in [-0.1, -0.05) is 0 Å². The molecule has 14 heavy (non-hydrogen) atoms. The highest BCUT2D eigenvalue weighted by molar-refractivity contribution is 6.44. The van der Waals surface area contributed by atoms with E-state index in [1.165, 1.54) is 13.2 Å². The van der Waals surface area contributed by atoms with Crippen molar-refractivity contribution in [2.24, 2.45) is 0 Å². The molecule has 7 nitrogen and oxygen atoms in total. The van der Waals surface area contributed by atoms with Gasteiger partial charge in [0.25, 0.3) is 0 Å². The number of hydrogen-bond acceptors (Lipinski definition) is 4. The van der Waals surface area contributed by atoms with Gasteiger partial charge in [0, 0.05) is 6.54 Å². The van der Waals surface area contributed by atoms with E-state index >= 15 is 0 Å². The van der Waals surface area contributed by atoms with E-state index in [-0.39, 0.29) is 0 Å². The van der Waals surface area contributed by atoms with Gasteiger partial charge in [-0.15, -0.1) is 0 Å². The van der Waals surface area contributed by atoms with E-state index in [1.807, 2.05) is 10.5 Å². The number of carbonyl (C=O) groups excluding carboxylic acids is 2. The molecule has 0 atom stereocenters. The molecule has 0 unspecified atom stereocenters. The largest absolute Gasteiger partial charge is 0.389 e. The van der Waals surface area contributed by atoms with Crippen molar-refractivity contribution in [1.82, 2.24) is 10.6 Å². The van der Waals surface area contributed by atoms with Crippen molar-refractivity contribution in [3.05, 3.63) is 0 Å². The van der Waals surface area contributed by atoms with Crippen LogP contribution in [-0.4, -0.2) is 31.3 Å². The minimum Gasteiger partial charge on any atom is -0.338 e. The standard InChI is InChI=1S/C7H10N4O3/c1-3-9-7(13)10-6(12)5(4-8)11-14-2/h3H2,1-2H3,(H2,9,10,12,13)/p+1/b11-5+. The second-order valence-corrected chi connectivity index (χ2v) is 2.11. The van der Waals surface area contributed by atoms with Crippen molar-refractivity contribution in [3.63, 3.8) is 0 Å². The molecule has 0 saturated carbocycles. The van der Waals surface area contributed by atoms with Gasteiger partial charge in [-0.2, -0.15) is 5.26 Å². The first-order valence-electron chi connectivity index (χ1n) is 3.80. The van der Waals surface area contributed by atoms with Gasteiger partial charge in [0.2, 0.25) is 0 Å². The zero-order valence-electron chi connectivity index (χ0n) is 7.88. The lowest BCUT2D eigenvalue weighted by Gasteiger charge is -1.99. The maximum atomic E-state index is 11.1. The quantitative estimate of drug-likeness (QED) is 0.343. The smallest absolute Gasteiger partial charge is 0.338 e. The molecule has 3 N–H and O–H groups in total. The van der Waals surface area contributed by atoms with Crippen LogP contribution in [0.15, 0.2) is 0 Å². The molecular formula is C7H11N4O3+. The molecule has 0 aromatic heterocycles. The molecule has 0 saturated heterocycles. The number of nitrogens with zero attached hydrogens (tertiary/aromatic N) is 1. The molecule has 0 aliphatic carbocycles. The Morgan fingerprint density at radius 2 is 2.21 bits per heavy atom. The number of rotatable bonds is 3. The van der Waals surface area contributed by atoms with Crippen LogP contribution in [-0.2, 0) is 9.63 Å². The van der Waals surface area contributed by atoms with Crippen LogP contribution in [0.5, 0.6) is 0 Å². The number of nitrogens with one attached hydrogen (secondary N) is 3. The minimum atomic E-state index is -0.847. The summed E-state index contributed by atoms with van der Waals surface area (Å²) in [6.07, 6.45) is 0. The van der Waals surface area contributed by atoms with Crippen LogP contribution < -0.4 is 15.8 Å². The van der Waals surface area contributed by atoms with Crippen molar-refractivity contribution in [2.75, 3.05) is 13.7 Å². The van der Waals surface area contributed by atoms with Gasteiger partial charge < -0.3 is 5.32 Å². The third-order valence-corrected chi connectivity index (χ3v) is 1.11. The van der Waals surface area contributed by atoms with Gasteiger partial charge >= 0.3 is 17.6 Å². The molecule has 0 fully saturated rings. The summed E-state index contributed by atoms with van der Waals surface area (Å²) in [6.45, 7) is 2.09. The zero-order chi connectivity index (χ0) is 11.0. The maximum Gasteiger partial charge on any atom is 0.389 e. The average Bonchev–Trinajstić information content (AvgIpc) is 2.14. The predicted octanol–water partition coefficient (Wildman–Crippen LogP) is -2.56. The normalized spacial score (nSPS) is 9.93. The highest BCUT2D eigenvalue weighted by Crippen LogP contribution is 1.69. The first kappa shape index (κ1) is 11.9. The van der Waals surface area contributed by atoms with Crippen molar-refractivity contribution < 1.29 is 19.6 Å². The van der Waals surface area contributed by atoms with Crippen LogP contribution in [0.4, 0.5) is 4.79 Å². The highest BCUT2D eigenvalue weighted by atomic mass is 16.6. The van der Waals surface area contributed by atoms with Crippen LogP contribution in [0.25, 0.3) is 0 Å². The van der Waals surface area contributed by atoms with Crippen LogP contribution in [0.1, 0.15) is 6.92 Å². The fourth-order valence-electron chi connectivity index (χ4n) is 0.592. The van der Waals surface area contributed by atoms with Crippen LogP contribution >= 0.6 is 0 Å². The van der Waals surface area contributed by atoms with E-state index in [0.717, 1.165) is 0 Å². The van der Waals surface area contributed by atoms with E-state index in [9.17, 15) is 9.59 Å². The molecule has 7 heteroatoms. The Hall–Kier alpha value is -2.10. The lowest BCUT2D eigenvalue weighted by Crippen LogP contribution is -2.74. The summed E-state index contributed by atoms with van der Waals surface area (Å²) in [5, 5.41) is 14.8. The summed E-state index contributed by atoms with van der Waals surface area (Å²) < 4.78 is 0. The van der Waals surface area contributed by atoms with Gasteiger partial charge in [0.05, 0.1) is 0 Å². The van der Waals surface area contributed by atoms with Crippen LogP contribution in [0.2, 0.25) is 0 Å². The third-order valence-electron chi connectivity index (χ3n) is 1.11. The Balaban J connectivity index is 4.27. The molecule has 76 valence electrons. The van der Waals surface area contributed by atoms with Gasteiger partial charge in [-0.05, 0) is 12.1 Å². The molecule has 0 bridgehead atoms. The lowest BCUT2D eigenvalue weighted by atomic mass is 10.4. The first-order valence-corrected chi connectivity index (χ1v) is 3.80. The van der Waals surface area contributed by atoms with Crippen LogP contribution in [0.3, 0.4) is 0 Å². The van der Waals surface area contributed by atoms with Gasteiger partial charge in [0.1, 0.15) is 7.11 Å². The summed E-state index contributed by atoms with van der Waals surface area (Å²) in [7, 11) is 1.25.